The summed E-state index contributed by atoms with van der Waals surface area (Å²) in [7, 11) is 0. The molecule has 0 unspecified atom stereocenters. The molecular weight excluding hydrogens is 488 g/mol. The van der Waals surface area contributed by atoms with E-state index in [1.165, 1.54) is 5.56 Å². The lowest BCUT2D eigenvalue weighted by molar-refractivity contribution is -0.121. The molecule has 0 aliphatic carbocycles. The average Bonchev–Trinajstić information content (AvgIpc) is 3.22. The van der Waals surface area contributed by atoms with E-state index in [1.54, 1.807) is 0 Å². The van der Waals surface area contributed by atoms with Crippen LogP contribution in [0, 0.1) is 5.92 Å². The van der Waals surface area contributed by atoms with Gasteiger partial charge >= 0.3 is 0 Å². The van der Waals surface area contributed by atoms with Crippen LogP contribution in [0.4, 0.5) is 5.69 Å². The number of hydrogen-bond donors (Lipinski definition) is 1. The van der Waals surface area contributed by atoms with E-state index in [4.69, 9.17) is 4.98 Å². The number of aryl methyl sites for hydroxylation is 1. The molecule has 4 aromatic rings. The number of nitrogens with zero attached hydrogens (tertiary/aromatic N) is 3. The summed E-state index contributed by atoms with van der Waals surface area (Å²) in [5.41, 5.74) is 5.28. The fourth-order valence-electron chi connectivity index (χ4n) is 4.81. The number of likely N-dealkylation sites (tertiary alicyclic amines) is 1. The predicted molar refractivity (Wildman–Crippen MR) is 141 cm³/mol. The van der Waals surface area contributed by atoms with E-state index in [1.807, 2.05) is 30.3 Å². The lowest BCUT2D eigenvalue weighted by atomic mass is 9.97. The average molecular weight is 517 g/mol. The highest BCUT2D eigenvalue weighted by atomic mass is 79.9. The SMILES string of the molecule is CCc1cccc(NC(=O)[C@@H]2CCCN(Cc3nc4ccccc4n3-c3cccc(Br)c3)C2)c1. The van der Waals surface area contributed by atoms with Crippen molar-refractivity contribution >= 4 is 38.6 Å². The summed E-state index contributed by atoms with van der Waals surface area (Å²) in [6.45, 7) is 4.54. The van der Waals surface area contributed by atoms with Gasteiger partial charge in [0.15, 0.2) is 0 Å². The largest absolute Gasteiger partial charge is 0.326 e. The Kier molecular flexibility index (Phi) is 6.79. The second-order valence-corrected chi connectivity index (χ2v) is 9.87. The quantitative estimate of drug-likeness (QED) is 0.331. The highest BCUT2D eigenvalue weighted by Gasteiger charge is 2.27. The highest BCUT2D eigenvalue weighted by Crippen LogP contribution is 2.26. The lowest BCUT2D eigenvalue weighted by Crippen LogP contribution is -2.40. The van der Waals surface area contributed by atoms with Crippen LogP contribution in [-0.2, 0) is 17.8 Å². The fourth-order valence-corrected chi connectivity index (χ4v) is 5.20. The minimum atomic E-state index is -0.0252. The molecule has 0 spiro atoms. The van der Waals surface area contributed by atoms with Crippen LogP contribution in [0.25, 0.3) is 16.7 Å². The third-order valence-corrected chi connectivity index (χ3v) is 7.03. The number of anilines is 1. The van der Waals surface area contributed by atoms with E-state index in [0.717, 1.165) is 65.1 Å². The van der Waals surface area contributed by atoms with Gasteiger partial charge in [0.25, 0.3) is 0 Å². The Labute approximate surface area is 208 Å². The van der Waals surface area contributed by atoms with E-state index >= 15 is 0 Å². The van der Waals surface area contributed by atoms with E-state index < -0.39 is 0 Å². The first-order valence-corrected chi connectivity index (χ1v) is 12.7. The van der Waals surface area contributed by atoms with Crippen molar-refractivity contribution in [3.05, 3.63) is 88.7 Å². The number of imidazole rings is 1. The molecule has 34 heavy (non-hydrogen) atoms. The van der Waals surface area contributed by atoms with Crippen LogP contribution in [0.5, 0.6) is 0 Å². The van der Waals surface area contributed by atoms with Gasteiger partial charge in [0.1, 0.15) is 5.82 Å². The Morgan fingerprint density at radius 1 is 1.09 bits per heavy atom. The first-order valence-electron chi connectivity index (χ1n) is 11.9. The van der Waals surface area contributed by atoms with Gasteiger partial charge in [-0.2, -0.15) is 0 Å². The second-order valence-electron chi connectivity index (χ2n) is 8.95. The Balaban J connectivity index is 1.36. The van der Waals surface area contributed by atoms with Crippen molar-refractivity contribution in [3.63, 3.8) is 0 Å². The number of aromatic nitrogens is 2. The van der Waals surface area contributed by atoms with Gasteiger partial charge in [-0.05, 0) is 73.8 Å². The third-order valence-electron chi connectivity index (χ3n) is 6.54. The Bertz CT molecular complexity index is 1310. The number of carbonyl (C=O) groups is 1. The fraction of sp³-hybridized carbons (Fsp3) is 0.286. The number of rotatable bonds is 6. The Morgan fingerprint density at radius 2 is 1.94 bits per heavy atom. The van der Waals surface area contributed by atoms with Crippen LogP contribution in [-0.4, -0.2) is 33.4 Å². The summed E-state index contributed by atoms with van der Waals surface area (Å²) >= 11 is 3.61. The number of benzene rings is 3. The molecule has 1 aromatic heterocycles. The van der Waals surface area contributed by atoms with Crippen LogP contribution < -0.4 is 5.32 Å². The number of carbonyl (C=O) groups excluding carboxylic acids is 1. The molecule has 2 heterocycles. The van der Waals surface area contributed by atoms with Gasteiger partial charge in [0.2, 0.25) is 5.91 Å². The van der Waals surface area contributed by atoms with Crippen molar-refractivity contribution in [2.45, 2.75) is 32.7 Å². The van der Waals surface area contributed by atoms with Crippen LogP contribution in [0.1, 0.15) is 31.2 Å². The van der Waals surface area contributed by atoms with E-state index in [-0.39, 0.29) is 11.8 Å². The van der Waals surface area contributed by atoms with Gasteiger partial charge in [0.05, 0.1) is 23.5 Å². The molecule has 0 radical (unpaired) electrons. The zero-order valence-electron chi connectivity index (χ0n) is 19.4. The van der Waals surface area contributed by atoms with Gasteiger partial charge < -0.3 is 5.32 Å². The molecule has 5 nitrogen and oxygen atoms in total. The number of fused-ring (bicyclic) bond motifs is 1. The molecule has 1 fully saturated rings. The van der Waals surface area contributed by atoms with Crippen molar-refractivity contribution in [3.8, 4) is 5.69 Å². The van der Waals surface area contributed by atoms with Crippen molar-refractivity contribution in [2.75, 3.05) is 18.4 Å². The van der Waals surface area contributed by atoms with Crippen LogP contribution in [0.2, 0.25) is 0 Å². The molecular formula is C28H29BrN4O. The minimum Gasteiger partial charge on any atom is -0.326 e. The molecule has 1 N–H and O–H groups in total. The molecule has 0 bridgehead atoms. The smallest absolute Gasteiger partial charge is 0.228 e. The highest BCUT2D eigenvalue weighted by molar-refractivity contribution is 9.10. The molecule has 0 saturated carbocycles. The van der Waals surface area contributed by atoms with E-state index in [2.05, 4.69) is 80.1 Å². The van der Waals surface area contributed by atoms with E-state index in [9.17, 15) is 4.79 Å². The zero-order chi connectivity index (χ0) is 23.5. The number of nitrogens with one attached hydrogen (secondary N) is 1. The van der Waals surface area contributed by atoms with Gasteiger partial charge in [-0.25, -0.2) is 4.98 Å². The number of halogens is 1. The molecule has 1 saturated heterocycles. The topological polar surface area (TPSA) is 50.2 Å². The van der Waals surface area contributed by atoms with Gasteiger partial charge in [-0.3, -0.25) is 14.3 Å². The summed E-state index contributed by atoms with van der Waals surface area (Å²) in [6, 6.07) is 24.7. The Hall–Kier alpha value is -2.96. The van der Waals surface area contributed by atoms with Crippen molar-refractivity contribution in [2.24, 2.45) is 5.92 Å². The van der Waals surface area contributed by atoms with Crippen molar-refractivity contribution in [1.29, 1.82) is 0 Å². The number of hydrogen-bond acceptors (Lipinski definition) is 3. The first kappa shape index (κ1) is 22.8. The standard InChI is InChI=1S/C28H29BrN4O/c1-2-20-8-5-11-23(16-20)30-28(34)21-9-7-15-32(18-21)19-27-31-25-13-3-4-14-26(25)33(27)24-12-6-10-22(29)17-24/h3-6,8,10-14,16-17,21H,2,7,9,15,18-19H2,1H3,(H,30,34)/t21-/m1/s1. The molecule has 1 aliphatic rings. The van der Waals surface area contributed by atoms with Gasteiger partial charge in [-0.1, -0.05) is 53.2 Å². The molecule has 174 valence electrons. The number of amides is 1. The van der Waals surface area contributed by atoms with Crippen LogP contribution in [0.3, 0.4) is 0 Å². The normalized spacial score (nSPS) is 16.6. The number of para-hydroxylation sites is 2. The van der Waals surface area contributed by atoms with E-state index in [0.29, 0.717) is 6.54 Å². The van der Waals surface area contributed by atoms with Gasteiger partial charge in [0, 0.05) is 22.4 Å². The molecule has 3 aromatic carbocycles. The summed E-state index contributed by atoms with van der Waals surface area (Å²) in [5.74, 6) is 1.08. The maximum Gasteiger partial charge on any atom is 0.228 e. The minimum absolute atomic E-state index is 0.0252. The predicted octanol–water partition coefficient (Wildman–Crippen LogP) is 6.20. The van der Waals surface area contributed by atoms with Crippen LogP contribution in [0.15, 0.2) is 77.3 Å². The molecule has 1 aliphatic heterocycles. The van der Waals surface area contributed by atoms with Crippen molar-refractivity contribution in [1.82, 2.24) is 14.5 Å². The lowest BCUT2D eigenvalue weighted by Gasteiger charge is -2.31. The summed E-state index contributed by atoms with van der Waals surface area (Å²) in [6.07, 6.45) is 2.88. The van der Waals surface area contributed by atoms with Crippen molar-refractivity contribution < 1.29 is 4.79 Å². The maximum absolute atomic E-state index is 13.1. The molecule has 1 amide bonds. The number of piperidine rings is 1. The maximum atomic E-state index is 13.1. The van der Waals surface area contributed by atoms with Crippen LogP contribution >= 0.6 is 15.9 Å². The third kappa shape index (κ3) is 4.93. The molecule has 1 atom stereocenters. The zero-order valence-corrected chi connectivity index (χ0v) is 21.0. The monoisotopic (exact) mass is 516 g/mol. The molecule has 6 heteroatoms. The second kappa shape index (κ2) is 10.1. The molecule has 5 rings (SSSR count). The van der Waals surface area contributed by atoms with Gasteiger partial charge in [-0.15, -0.1) is 0 Å². The first-order chi connectivity index (χ1) is 16.6. The summed E-state index contributed by atoms with van der Waals surface area (Å²) < 4.78 is 3.27. The summed E-state index contributed by atoms with van der Waals surface area (Å²) in [5, 5.41) is 3.14. The Morgan fingerprint density at radius 3 is 2.79 bits per heavy atom. The summed E-state index contributed by atoms with van der Waals surface area (Å²) in [4.78, 5) is 20.4.